The molecule has 0 heterocycles. The van der Waals surface area contributed by atoms with Crippen molar-refractivity contribution < 1.29 is 5.48 Å². The van der Waals surface area contributed by atoms with Crippen molar-refractivity contribution in [3.8, 4) is 0 Å². The molecular formula is C22H22O. The minimum Gasteiger partial charge on any atom is -0.412 e. The largest absolute Gasteiger partial charge is 0.412 e. The molecule has 0 aliphatic heterocycles. The maximum absolute atomic E-state index is 3.00. The highest BCUT2D eigenvalue weighted by atomic mass is 16.0. The molecule has 3 rings (SSSR count). The maximum Gasteiger partial charge on any atom is -0.0105 e. The Morgan fingerprint density at radius 3 is 1.30 bits per heavy atom. The van der Waals surface area contributed by atoms with Gasteiger partial charge in [-0.1, -0.05) is 91.0 Å². The Morgan fingerprint density at radius 1 is 0.565 bits per heavy atom. The molecule has 23 heavy (non-hydrogen) atoms. The Balaban J connectivity index is 0.000000849. The van der Waals surface area contributed by atoms with Gasteiger partial charge in [-0.2, -0.15) is 0 Å². The number of hydrogen-bond donors (Lipinski definition) is 0. The predicted octanol–water partition coefficient (Wildman–Crippen LogP) is 5.25. The fourth-order valence-corrected chi connectivity index (χ4v) is 2.28. The molecule has 0 atom stereocenters. The van der Waals surface area contributed by atoms with E-state index in [4.69, 9.17) is 0 Å². The van der Waals surface area contributed by atoms with E-state index >= 15 is 0 Å². The fraction of sp³-hybridized carbons (Fsp3) is 0. The zero-order valence-electron chi connectivity index (χ0n) is 13.2. The molecule has 0 unspecified atom stereocenters. The van der Waals surface area contributed by atoms with Crippen molar-refractivity contribution in [1.29, 1.82) is 0 Å². The molecule has 0 aromatic heterocycles. The van der Waals surface area contributed by atoms with E-state index in [1.54, 1.807) is 0 Å². The van der Waals surface area contributed by atoms with E-state index in [-0.39, 0.29) is 5.48 Å². The van der Waals surface area contributed by atoms with Crippen molar-refractivity contribution in [3.05, 3.63) is 121 Å². The minimum absolute atomic E-state index is 0. The van der Waals surface area contributed by atoms with Gasteiger partial charge in [-0.3, -0.25) is 0 Å². The first kappa shape index (κ1) is 18.1. The van der Waals surface area contributed by atoms with Crippen LogP contribution in [0.2, 0.25) is 0 Å². The first-order valence-electron chi connectivity index (χ1n) is 7.31. The van der Waals surface area contributed by atoms with Crippen LogP contribution in [0.25, 0.3) is 11.6 Å². The van der Waals surface area contributed by atoms with E-state index in [2.05, 4.69) is 104 Å². The van der Waals surface area contributed by atoms with E-state index in [1.165, 1.54) is 22.3 Å². The second-order valence-corrected chi connectivity index (χ2v) is 4.70. The fourth-order valence-electron chi connectivity index (χ4n) is 2.28. The first-order valence-corrected chi connectivity index (χ1v) is 7.31. The van der Waals surface area contributed by atoms with Crippen LogP contribution in [-0.4, -0.2) is 5.48 Å². The third-order valence-electron chi connectivity index (χ3n) is 3.28. The van der Waals surface area contributed by atoms with Gasteiger partial charge in [-0.05, 0) is 28.3 Å². The molecule has 1 heteroatoms. The van der Waals surface area contributed by atoms with Crippen molar-refractivity contribution in [2.75, 3.05) is 0 Å². The highest BCUT2D eigenvalue weighted by Crippen LogP contribution is 2.25. The van der Waals surface area contributed by atoms with Crippen molar-refractivity contribution in [2.45, 2.75) is 0 Å². The van der Waals surface area contributed by atoms with Gasteiger partial charge in [0.15, 0.2) is 0 Å². The van der Waals surface area contributed by atoms with E-state index in [0.29, 0.717) is 0 Å². The molecule has 2 N–H and O–H groups in total. The predicted molar refractivity (Wildman–Crippen MR) is 101 cm³/mol. The lowest BCUT2D eigenvalue weighted by Crippen LogP contribution is -1.87. The van der Waals surface area contributed by atoms with Gasteiger partial charge in [0.25, 0.3) is 0 Å². The molecule has 0 radical (unpaired) electrons. The SMILES string of the molecule is C(=C(c1ccccc1)c1ccccc1)c1ccccc1.C=C.O. The summed E-state index contributed by atoms with van der Waals surface area (Å²) in [5, 5.41) is 0. The van der Waals surface area contributed by atoms with E-state index in [0.717, 1.165) is 0 Å². The lowest BCUT2D eigenvalue weighted by molar-refractivity contribution is 0.824. The molecule has 0 saturated carbocycles. The molecular weight excluding hydrogens is 280 g/mol. The number of rotatable bonds is 3. The van der Waals surface area contributed by atoms with Gasteiger partial charge in [0.2, 0.25) is 0 Å². The zero-order chi connectivity index (χ0) is 15.6. The molecule has 0 aliphatic carbocycles. The molecule has 0 aliphatic rings. The average Bonchev–Trinajstić information content (AvgIpc) is 2.64. The Morgan fingerprint density at radius 2 is 0.913 bits per heavy atom. The van der Waals surface area contributed by atoms with Gasteiger partial charge in [0.05, 0.1) is 0 Å². The van der Waals surface area contributed by atoms with Crippen LogP contribution in [0, 0.1) is 0 Å². The Hall–Kier alpha value is -2.90. The van der Waals surface area contributed by atoms with Crippen LogP contribution in [0.3, 0.4) is 0 Å². The molecule has 1 nitrogen and oxygen atoms in total. The maximum atomic E-state index is 3.00. The molecule has 0 amide bonds. The summed E-state index contributed by atoms with van der Waals surface area (Å²) in [6.45, 7) is 6.00. The van der Waals surface area contributed by atoms with Gasteiger partial charge in [0, 0.05) is 0 Å². The summed E-state index contributed by atoms with van der Waals surface area (Å²) < 4.78 is 0. The van der Waals surface area contributed by atoms with E-state index in [9.17, 15) is 0 Å². The molecule has 116 valence electrons. The van der Waals surface area contributed by atoms with Crippen LogP contribution >= 0.6 is 0 Å². The second kappa shape index (κ2) is 9.93. The van der Waals surface area contributed by atoms with Crippen molar-refractivity contribution >= 4 is 11.6 Å². The highest BCUT2D eigenvalue weighted by molar-refractivity contribution is 5.91. The minimum atomic E-state index is 0. The van der Waals surface area contributed by atoms with Crippen LogP contribution in [-0.2, 0) is 0 Å². The quantitative estimate of drug-likeness (QED) is 0.467. The van der Waals surface area contributed by atoms with E-state index in [1.807, 2.05) is 6.07 Å². The topological polar surface area (TPSA) is 31.5 Å². The molecule has 0 fully saturated rings. The van der Waals surface area contributed by atoms with Crippen LogP contribution in [0.1, 0.15) is 16.7 Å². The summed E-state index contributed by atoms with van der Waals surface area (Å²) in [7, 11) is 0. The second-order valence-electron chi connectivity index (χ2n) is 4.70. The summed E-state index contributed by atoms with van der Waals surface area (Å²) in [6.07, 6.45) is 2.24. The Kier molecular flexibility index (Phi) is 7.84. The van der Waals surface area contributed by atoms with Crippen LogP contribution in [0.15, 0.2) is 104 Å². The number of hydrogen-bond acceptors (Lipinski definition) is 0. The van der Waals surface area contributed by atoms with Crippen LogP contribution < -0.4 is 0 Å². The molecule has 0 bridgehead atoms. The third kappa shape index (κ3) is 5.10. The lowest BCUT2D eigenvalue weighted by atomic mass is 9.96. The summed E-state index contributed by atoms with van der Waals surface area (Å²) in [5.41, 5.74) is 4.94. The zero-order valence-corrected chi connectivity index (χ0v) is 13.2. The van der Waals surface area contributed by atoms with Crippen molar-refractivity contribution in [2.24, 2.45) is 0 Å². The van der Waals surface area contributed by atoms with Crippen molar-refractivity contribution in [1.82, 2.24) is 0 Å². The smallest absolute Gasteiger partial charge is 0.0105 e. The molecule has 3 aromatic carbocycles. The Bertz CT molecular complexity index is 659. The molecule has 3 aromatic rings. The molecule has 0 spiro atoms. The lowest BCUT2D eigenvalue weighted by Gasteiger charge is -2.08. The van der Waals surface area contributed by atoms with Crippen LogP contribution in [0.4, 0.5) is 0 Å². The van der Waals surface area contributed by atoms with Gasteiger partial charge in [-0.15, -0.1) is 13.2 Å². The summed E-state index contributed by atoms with van der Waals surface area (Å²) in [5.74, 6) is 0. The summed E-state index contributed by atoms with van der Waals surface area (Å²) >= 11 is 0. The van der Waals surface area contributed by atoms with Gasteiger partial charge in [0.1, 0.15) is 0 Å². The third-order valence-corrected chi connectivity index (χ3v) is 3.28. The monoisotopic (exact) mass is 302 g/mol. The van der Waals surface area contributed by atoms with Gasteiger partial charge >= 0.3 is 0 Å². The Labute approximate surface area is 138 Å². The van der Waals surface area contributed by atoms with Crippen molar-refractivity contribution in [3.63, 3.8) is 0 Å². The normalized spacial score (nSPS) is 8.87. The highest BCUT2D eigenvalue weighted by Gasteiger charge is 2.04. The molecule has 0 saturated heterocycles. The summed E-state index contributed by atoms with van der Waals surface area (Å²) in [4.78, 5) is 0. The van der Waals surface area contributed by atoms with Crippen LogP contribution in [0.5, 0.6) is 0 Å². The van der Waals surface area contributed by atoms with Gasteiger partial charge < -0.3 is 5.48 Å². The standard InChI is InChI=1S/C20H16.C2H4.H2O/c1-4-10-17(11-5-1)16-20(18-12-6-2-7-13-18)19-14-8-3-9-15-19;1-2;/h1-16H;1-2H2;1H2. The van der Waals surface area contributed by atoms with Gasteiger partial charge in [-0.25, -0.2) is 0 Å². The van der Waals surface area contributed by atoms with E-state index < -0.39 is 0 Å². The first-order chi connectivity index (χ1) is 10.9. The summed E-state index contributed by atoms with van der Waals surface area (Å²) in [6, 6.07) is 31.5. The average molecular weight is 302 g/mol. The number of benzene rings is 3.